The molecule has 2 aliphatic rings. The van der Waals surface area contributed by atoms with Gasteiger partial charge in [-0.05, 0) is 42.2 Å². The molecule has 2 fully saturated rings. The van der Waals surface area contributed by atoms with Crippen LogP contribution < -0.4 is 5.73 Å². The Kier molecular flexibility index (Phi) is 4.94. The number of carbonyl (C=O) groups is 1. The van der Waals surface area contributed by atoms with E-state index in [-0.39, 0.29) is 6.42 Å². The number of amides is 1. The van der Waals surface area contributed by atoms with Crippen LogP contribution in [0, 0.1) is 5.92 Å². The molecule has 0 radical (unpaired) electrons. The Morgan fingerprint density at radius 3 is 2.67 bits per heavy atom. The molecule has 1 saturated heterocycles. The third-order valence-electron chi connectivity index (χ3n) is 5.39. The fourth-order valence-electron chi connectivity index (χ4n) is 4.17. The normalized spacial score (nSPS) is 30.6. The van der Waals surface area contributed by atoms with E-state index in [0.29, 0.717) is 24.0 Å². The van der Waals surface area contributed by atoms with Gasteiger partial charge in [0.2, 0.25) is 5.91 Å². The number of primary amides is 1. The van der Waals surface area contributed by atoms with Crippen molar-refractivity contribution in [1.29, 1.82) is 0 Å². The lowest BCUT2D eigenvalue weighted by Crippen LogP contribution is -2.60. The van der Waals surface area contributed by atoms with Crippen LogP contribution in [0.5, 0.6) is 0 Å². The van der Waals surface area contributed by atoms with Gasteiger partial charge in [0, 0.05) is 4.88 Å². The number of hydrogen-bond donors (Lipinski definition) is 3. The number of nitrogens with two attached hydrogens (primary N) is 1. The lowest BCUT2D eigenvalue weighted by molar-refractivity contribution is -0.133. The number of rotatable bonds is 5. The number of aliphatic hydroxyl groups excluding tert-OH is 2. The molecule has 9 heteroatoms. The van der Waals surface area contributed by atoms with Crippen molar-refractivity contribution in [2.24, 2.45) is 11.7 Å². The summed E-state index contributed by atoms with van der Waals surface area (Å²) in [6.45, 7) is 0.877. The summed E-state index contributed by atoms with van der Waals surface area (Å²) in [5.41, 5.74) is 5.65. The van der Waals surface area contributed by atoms with Crippen LogP contribution in [0.1, 0.15) is 17.1 Å². The summed E-state index contributed by atoms with van der Waals surface area (Å²) in [4.78, 5) is 17.0. The summed E-state index contributed by atoms with van der Waals surface area (Å²) in [5.74, 6) is -0.409. The zero-order chi connectivity index (χ0) is 19.1. The molecular formula is C18H21N3O4S2. The molecule has 1 amide bonds. The van der Waals surface area contributed by atoms with E-state index in [4.69, 9.17) is 22.4 Å². The molecule has 27 heavy (non-hydrogen) atoms. The lowest BCUT2D eigenvalue weighted by atomic mass is 9.77. The van der Waals surface area contributed by atoms with E-state index in [2.05, 4.69) is 0 Å². The number of hydrogen-bond acceptors (Lipinski definition) is 6. The smallest absolute Gasteiger partial charge is 0.222 e. The first-order chi connectivity index (χ1) is 13.0. The van der Waals surface area contributed by atoms with Crippen molar-refractivity contribution in [2.45, 2.75) is 43.8 Å². The van der Waals surface area contributed by atoms with Crippen molar-refractivity contribution < 1.29 is 19.4 Å². The first kappa shape index (κ1) is 18.4. The molecule has 0 aromatic carbocycles. The average Bonchev–Trinajstić information content (AvgIpc) is 3.37. The minimum Gasteiger partial charge on any atom is -0.467 e. The highest BCUT2D eigenvalue weighted by molar-refractivity contribution is 7.80. The van der Waals surface area contributed by atoms with E-state index < -0.39 is 36.1 Å². The highest BCUT2D eigenvalue weighted by atomic mass is 32.1. The highest BCUT2D eigenvalue weighted by Crippen LogP contribution is 2.40. The van der Waals surface area contributed by atoms with Gasteiger partial charge in [0.15, 0.2) is 5.11 Å². The quantitative estimate of drug-likeness (QED) is 0.633. The van der Waals surface area contributed by atoms with Crippen LogP contribution in [-0.2, 0) is 17.9 Å². The zero-order valence-corrected chi connectivity index (χ0v) is 16.1. The topological polar surface area (TPSA) is 103 Å². The minimum absolute atomic E-state index is 0.113. The maximum absolute atomic E-state index is 12.1. The Hall–Kier alpha value is -1.94. The molecule has 2 aromatic rings. The second kappa shape index (κ2) is 7.23. The second-order valence-corrected chi connectivity index (χ2v) is 8.38. The van der Waals surface area contributed by atoms with E-state index in [1.807, 2.05) is 33.4 Å². The van der Waals surface area contributed by atoms with E-state index >= 15 is 0 Å². The predicted octanol–water partition coefficient (Wildman–Crippen LogP) is 0.908. The molecule has 3 heterocycles. The van der Waals surface area contributed by atoms with Crippen LogP contribution in [-0.4, -0.2) is 55.3 Å². The first-order valence-corrected chi connectivity index (χ1v) is 10.0. The van der Waals surface area contributed by atoms with Gasteiger partial charge >= 0.3 is 0 Å². The third kappa shape index (κ3) is 3.25. The van der Waals surface area contributed by atoms with Gasteiger partial charge in [-0.3, -0.25) is 4.79 Å². The van der Waals surface area contributed by atoms with Gasteiger partial charge in [-0.2, -0.15) is 0 Å². The number of thiocarbonyl (C=S) groups is 1. The number of furan rings is 1. The van der Waals surface area contributed by atoms with Gasteiger partial charge in [0.1, 0.15) is 11.9 Å². The lowest BCUT2D eigenvalue weighted by Gasteiger charge is -2.42. The molecule has 2 aromatic heterocycles. The van der Waals surface area contributed by atoms with Gasteiger partial charge in [-0.1, -0.05) is 6.07 Å². The van der Waals surface area contributed by atoms with Crippen molar-refractivity contribution in [1.82, 2.24) is 9.80 Å². The monoisotopic (exact) mass is 407 g/mol. The van der Waals surface area contributed by atoms with E-state index in [0.717, 1.165) is 4.88 Å². The van der Waals surface area contributed by atoms with Crippen molar-refractivity contribution in [2.75, 3.05) is 0 Å². The summed E-state index contributed by atoms with van der Waals surface area (Å²) < 4.78 is 5.46. The van der Waals surface area contributed by atoms with Gasteiger partial charge < -0.3 is 30.2 Å². The molecule has 0 spiro atoms. The Labute approximate surface area is 166 Å². The first-order valence-electron chi connectivity index (χ1n) is 8.75. The van der Waals surface area contributed by atoms with Crippen LogP contribution in [0.2, 0.25) is 0 Å². The van der Waals surface area contributed by atoms with E-state index in [1.165, 1.54) is 0 Å². The van der Waals surface area contributed by atoms with Crippen molar-refractivity contribution in [3.63, 3.8) is 0 Å². The molecule has 1 aliphatic heterocycles. The van der Waals surface area contributed by atoms with Gasteiger partial charge in [0.05, 0.1) is 43.5 Å². The molecule has 5 unspecified atom stereocenters. The van der Waals surface area contributed by atoms with Gasteiger partial charge in [-0.15, -0.1) is 11.3 Å². The van der Waals surface area contributed by atoms with Crippen LogP contribution in [0.3, 0.4) is 0 Å². The Balaban J connectivity index is 1.72. The second-order valence-electron chi connectivity index (χ2n) is 6.98. The highest BCUT2D eigenvalue weighted by Gasteiger charge is 2.56. The van der Waals surface area contributed by atoms with Gasteiger partial charge in [-0.25, -0.2) is 0 Å². The predicted molar refractivity (Wildman–Crippen MR) is 104 cm³/mol. The van der Waals surface area contributed by atoms with Crippen LogP contribution in [0.15, 0.2) is 40.3 Å². The van der Waals surface area contributed by atoms with Crippen molar-refractivity contribution in [3.8, 4) is 0 Å². The summed E-state index contributed by atoms with van der Waals surface area (Å²) in [6, 6.07) is 6.65. The Morgan fingerprint density at radius 1 is 1.26 bits per heavy atom. The summed E-state index contributed by atoms with van der Waals surface area (Å²) in [7, 11) is 0. The molecular weight excluding hydrogens is 386 g/mol. The number of aliphatic hydroxyl groups is 2. The fraction of sp³-hybridized carbons (Fsp3) is 0.444. The van der Waals surface area contributed by atoms with E-state index in [9.17, 15) is 15.0 Å². The number of fused-ring (bicyclic) bond motifs is 1. The molecule has 4 rings (SSSR count). The molecule has 7 nitrogen and oxygen atoms in total. The SMILES string of the molecule is NC(=O)C1CC(O)C(O)C2C1N(Cc1ccco1)C(=S)N2Cc1cccs1. The average molecular weight is 408 g/mol. The van der Waals surface area contributed by atoms with Crippen LogP contribution in [0.4, 0.5) is 0 Å². The standard InChI is InChI=1S/C18H21N3O4S2/c19-17(24)12-7-13(22)16(23)15-14(12)20(8-10-3-1-5-25-10)18(26)21(15)9-11-4-2-6-27-11/h1-6,12-16,22-23H,7-9H2,(H2,19,24). The maximum atomic E-state index is 12.1. The van der Waals surface area contributed by atoms with Gasteiger partial charge in [0.25, 0.3) is 0 Å². The number of nitrogens with zero attached hydrogens (tertiary/aromatic N) is 2. The Morgan fingerprint density at radius 2 is 2.04 bits per heavy atom. The summed E-state index contributed by atoms with van der Waals surface area (Å²) in [5, 5.41) is 23.6. The molecule has 0 bridgehead atoms. The van der Waals surface area contributed by atoms with E-state index in [1.54, 1.807) is 23.7 Å². The summed E-state index contributed by atoms with van der Waals surface area (Å²) in [6.07, 6.45) is -0.353. The number of carbonyl (C=O) groups excluding carboxylic acids is 1. The zero-order valence-electron chi connectivity index (χ0n) is 14.5. The third-order valence-corrected chi connectivity index (χ3v) is 6.72. The molecule has 1 aliphatic carbocycles. The van der Waals surface area contributed by atoms with Crippen LogP contribution in [0.25, 0.3) is 0 Å². The minimum atomic E-state index is -1.03. The molecule has 4 N–H and O–H groups in total. The van der Waals surface area contributed by atoms with Crippen molar-refractivity contribution >= 4 is 34.6 Å². The fourth-order valence-corrected chi connectivity index (χ4v) is 5.24. The molecule has 1 saturated carbocycles. The maximum Gasteiger partial charge on any atom is 0.222 e. The van der Waals surface area contributed by atoms with Crippen LogP contribution >= 0.6 is 23.6 Å². The summed E-state index contributed by atoms with van der Waals surface area (Å²) >= 11 is 7.32. The number of thiophene rings is 1. The largest absolute Gasteiger partial charge is 0.467 e. The van der Waals surface area contributed by atoms with Crippen molar-refractivity contribution in [3.05, 3.63) is 46.5 Å². The molecule has 5 atom stereocenters. The Bertz CT molecular complexity index is 811. The molecule has 144 valence electrons.